The summed E-state index contributed by atoms with van der Waals surface area (Å²) in [5.74, 6) is 0.0860. The first kappa shape index (κ1) is 18.7. The Morgan fingerprint density at radius 2 is 2.19 bits per heavy atom. The van der Waals surface area contributed by atoms with Crippen molar-refractivity contribution in [2.75, 3.05) is 11.1 Å². The van der Waals surface area contributed by atoms with Crippen LogP contribution in [0.3, 0.4) is 0 Å². The molecule has 2 aromatic heterocycles. The van der Waals surface area contributed by atoms with Gasteiger partial charge in [-0.05, 0) is 49.4 Å². The van der Waals surface area contributed by atoms with Crippen molar-refractivity contribution in [3.63, 3.8) is 0 Å². The lowest BCUT2D eigenvalue weighted by molar-refractivity contribution is -0.113. The van der Waals surface area contributed by atoms with Crippen molar-refractivity contribution < 1.29 is 4.79 Å². The van der Waals surface area contributed by atoms with E-state index in [4.69, 9.17) is 0 Å². The summed E-state index contributed by atoms with van der Waals surface area (Å²) in [5.41, 5.74) is 2.53. The average Bonchev–Trinajstić information content (AvgIpc) is 3.08. The minimum absolute atomic E-state index is 0.0269. The molecule has 0 radical (unpaired) electrons. The maximum absolute atomic E-state index is 12.8. The molecule has 26 heavy (non-hydrogen) atoms. The Morgan fingerprint density at radius 1 is 1.38 bits per heavy atom. The maximum Gasteiger partial charge on any atom is 0.272 e. The van der Waals surface area contributed by atoms with E-state index in [1.165, 1.54) is 23.1 Å². The third-order valence-corrected chi connectivity index (χ3v) is 5.99. The Bertz CT molecular complexity index is 994. The summed E-state index contributed by atoms with van der Waals surface area (Å²) >= 11 is 2.71. The molecule has 1 amide bonds. The second-order valence-corrected chi connectivity index (χ2v) is 8.03. The predicted molar refractivity (Wildman–Crippen MR) is 109 cm³/mol. The van der Waals surface area contributed by atoms with E-state index in [-0.39, 0.29) is 23.3 Å². The van der Waals surface area contributed by atoms with Gasteiger partial charge in [0.1, 0.15) is 4.70 Å². The number of thioether (sulfide) groups is 1. The van der Waals surface area contributed by atoms with E-state index < -0.39 is 0 Å². The van der Waals surface area contributed by atoms with Gasteiger partial charge in [-0.2, -0.15) is 0 Å². The molecule has 3 aromatic rings. The molecule has 0 bridgehead atoms. The summed E-state index contributed by atoms with van der Waals surface area (Å²) in [6.45, 7) is 6.02. The molecule has 1 atom stereocenters. The summed E-state index contributed by atoms with van der Waals surface area (Å²) in [5, 5.41) is 5.36. The lowest BCUT2D eigenvalue weighted by atomic mass is 10.2. The summed E-state index contributed by atoms with van der Waals surface area (Å²) in [7, 11) is 0. The highest BCUT2D eigenvalue weighted by atomic mass is 32.2. The van der Waals surface area contributed by atoms with E-state index in [9.17, 15) is 9.59 Å². The van der Waals surface area contributed by atoms with Crippen LogP contribution >= 0.6 is 23.1 Å². The fourth-order valence-electron chi connectivity index (χ4n) is 2.63. The Labute approximate surface area is 160 Å². The molecule has 1 aromatic carbocycles. The van der Waals surface area contributed by atoms with Crippen LogP contribution in [-0.4, -0.2) is 21.2 Å². The fraction of sp³-hybridized carbons (Fsp3) is 0.316. The van der Waals surface area contributed by atoms with Crippen molar-refractivity contribution in [2.45, 2.75) is 38.4 Å². The minimum Gasteiger partial charge on any atom is -0.325 e. The lowest BCUT2D eigenvalue weighted by Gasteiger charge is -2.17. The van der Waals surface area contributed by atoms with Crippen molar-refractivity contribution in [3.8, 4) is 0 Å². The number of anilines is 1. The predicted octanol–water partition coefficient (Wildman–Crippen LogP) is 4.47. The molecule has 5 nitrogen and oxygen atoms in total. The van der Waals surface area contributed by atoms with Gasteiger partial charge in [0.25, 0.3) is 5.56 Å². The van der Waals surface area contributed by atoms with Crippen LogP contribution in [0.25, 0.3) is 10.2 Å². The molecule has 136 valence electrons. The first-order valence-corrected chi connectivity index (χ1v) is 10.3. The SMILES string of the molecule is CC[C@H](C)n1c(SCC(=O)Nc2cccc(C)c2)nc2ccsc2c1=O. The molecule has 0 aliphatic rings. The monoisotopic (exact) mass is 387 g/mol. The first-order valence-electron chi connectivity index (χ1n) is 8.48. The molecule has 3 rings (SSSR count). The van der Waals surface area contributed by atoms with Crippen molar-refractivity contribution in [1.29, 1.82) is 0 Å². The van der Waals surface area contributed by atoms with Crippen molar-refractivity contribution in [3.05, 3.63) is 51.6 Å². The van der Waals surface area contributed by atoms with E-state index >= 15 is 0 Å². The topological polar surface area (TPSA) is 64.0 Å². The van der Waals surface area contributed by atoms with Crippen LogP contribution in [0.2, 0.25) is 0 Å². The second kappa shape index (κ2) is 8.05. The third-order valence-electron chi connectivity index (χ3n) is 4.15. The van der Waals surface area contributed by atoms with Gasteiger partial charge in [-0.1, -0.05) is 30.8 Å². The van der Waals surface area contributed by atoms with Crippen LogP contribution in [0.1, 0.15) is 31.9 Å². The largest absolute Gasteiger partial charge is 0.325 e. The number of thiophene rings is 1. The van der Waals surface area contributed by atoms with Crippen LogP contribution in [0.15, 0.2) is 45.7 Å². The number of amides is 1. The number of fused-ring (bicyclic) bond motifs is 1. The second-order valence-electron chi connectivity index (χ2n) is 6.17. The molecule has 0 saturated carbocycles. The number of hydrogen-bond acceptors (Lipinski definition) is 5. The standard InChI is InChI=1S/C19H21N3O2S2/c1-4-13(3)22-18(24)17-15(8-9-25-17)21-19(22)26-11-16(23)20-14-7-5-6-12(2)10-14/h5-10,13H,4,11H2,1-3H3,(H,20,23)/t13-/m0/s1. The Kier molecular flexibility index (Phi) is 5.78. The third kappa shape index (κ3) is 3.99. The number of benzene rings is 1. The van der Waals surface area contributed by atoms with Gasteiger partial charge in [-0.3, -0.25) is 14.2 Å². The van der Waals surface area contributed by atoms with E-state index in [0.717, 1.165) is 17.7 Å². The lowest BCUT2D eigenvalue weighted by Crippen LogP contribution is -2.26. The van der Waals surface area contributed by atoms with Crippen molar-refractivity contribution in [1.82, 2.24) is 9.55 Å². The van der Waals surface area contributed by atoms with Crippen molar-refractivity contribution in [2.24, 2.45) is 0 Å². The van der Waals surface area contributed by atoms with Gasteiger partial charge < -0.3 is 5.32 Å². The van der Waals surface area contributed by atoms with Gasteiger partial charge in [-0.25, -0.2) is 4.98 Å². The molecule has 0 aliphatic heterocycles. The molecule has 2 heterocycles. The highest BCUT2D eigenvalue weighted by Crippen LogP contribution is 2.24. The van der Waals surface area contributed by atoms with Crippen LogP contribution in [0, 0.1) is 6.92 Å². The Balaban J connectivity index is 1.81. The van der Waals surface area contributed by atoms with Gasteiger partial charge in [0, 0.05) is 11.7 Å². The Hall–Kier alpha value is -2.12. The normalized spacial score (nSPS) is 12.3. The average molecular weight is 388 g/mol. The van der Waals surface area contributed by atoms with Gasteiger partial charge >= 0.3 is 0 Å². The smallest absolute Gasteiger partial charge is 0.272 e. The number of carbonyl (C=O) groups is 1. The quantitative estimate of drug-likeness (QED) is 0.501. The van der Waals surface area contributed by atoms with Crippen LogP contribution < -0.4 is 10.9 Å². The van der Waals surface area contributed by atoms with Gasteiger partial charge in [-0.15, -0.1) is 11.3 Å². The number of rotatable bonds is 6. The van der Waals surface area contributed by atoms with Crippen molar-refractivity contribution >= 4 is 44.9 Å². The fourth-order valence-corrected chi connectivity index (χ4v) is 4.29. The van der Waals surface area contributed by atoms with E-state index in [2.05, 4.69) is 10.3 Å². The minimum atomic E-state index is -0.115. The van der Waals surface area contributed by atoms with Crippen LogP contribution in [-0.2, 0) is 4.79 Å². The number of aromatic nitrogens is 2. The zero-order valence-electron chi connectivity index (χ0n) is 15.0. The summed E-state index contributed by atoms with van der Waals surface area (Å²) in [6, 6.07) is 9.55. The number of nitrogens with one attached hydrogen (secondary N) is 1. The summed E-state index contributed by atoms with van der Waals surface area (Å²) in [6.07, 6.45) is 0.821. The Morgan fingerprint density at radius 3 is 2.92 bits per heavy atom. The van der Waals surface area contributed by atoms with Gasteiger partial charge in [0.15, 0.2) is 5.16 Å². The van der Waals surface area contributed by atoms with Gasteiger partial charge in [0.2, 0.25) is 5.91 Å². The number of carbonyl (C=O) groups excluding carboxylic acids is 1. The van der Waals surface area contributed by atoms with Crippen LogP contribution in [0.5, 0.6) is 0 Å². The molecule has 0 aliphatic carbocycles. The first-order chi connectivity index (χ1) is 12.5. The highest BCUT2D eigenvalue weighted by molar-refractivity contribution is 7.99. The molecule has 0 fully saturated rings. The molecule has 0 saturated heterocycles. The molecule has 1 N–H and O–H groups in total. The molecule has 0 unspecified atom stereocenters. The van der Waals surface area contributed by atoms with E-state index in [1.54, 1.807) is 4.57 Å². The number of hydrogen-bond donors (Lipinski definition) is 1. The molecule has 0 spiro atoms. The highest BCUT2D eigenvalue weighted by Gasteiger charge is 2.17. The van der Waals surface area contributed by atoms with Gasteiger partial charge in [0.05, 0.1) is 11.3 Å². The zero-order chi connectivity index (χ0) is 18.7. The molecule has 7 heteroatoms. The molecular weight excluding hydrogens is 366 g/mol. The maximum atomic E-state index is 12.8. The van der Waals surface area contributed by atoms with E-state index in [0.29, 0.717) is 15.4 Å². The molecular formula is C19H21N3O2S2. The summed E-state index contributed by atoms with van der Waals surface area (Å²) in [4.78, 5) is 29.7. The number of aryl methyl sites for hydroxylation is 1. The summed E-state index contributed by atoms with van der Waals surface area (Å²) < 4.78 is 2.38. The zero-order valence-corrected chi connectivity index (χ0v) is 16.6. The number of nitrogens with zero attached hydrogens (tertiary/aromatic N) is 2. The van der Waals surface area contributed by atoms with Crippen LogP contribution in [0.4, 0.5) is 5.69 Å². The van der Waals surface area contributed by atoms with E-state index in [1.807, 2.05) is 56.5 Å².